The van der Waals surface area contributed by atoms with Crippen LogP contribution in [0.15, 0.2) is 47.4 Å². The molecule has 5 nitrogen and oxygen atoms in total. The van der Waals surface area contributed by atoms with Crippen LogP contribution in [0.3, 0.4) is 0 Å². The van der Waals surface area contributed by atoms with Crippen LogP contribution in [0.5, 0.6) is 5.75 Å². The van der Waals surface area contributed by atoms with Crippen LogP contribution in [0.2, 0.25) is 0 Å². The van der Waals surface area contributed by atoms with Crippen molar-refractivity contribution in [3.8, 4) is 5.75 Å². The summed E-state index contributed by atoms with van der Waals surface area (Å²) in [5.74, 6) is 0.539. The van der Waals surface area contributed by atoms with E-state index in [4.69, 9.17) is 4.74 Å². The minimum atomic E-state index is -0.277. The summed E-state index contributed by atoms with van der Waals surface area (Å²) in [5.41, 5.74) is 1.14. The summed E-state index contributed by atoms with van der Waals surface area (Å²) in [4.78, 5) is 24.2. The summed E-state index contributed by atoms with van der Waals surface area (Å²) in [6, 6.07) is 11.3. The molecule has 0 fully saturated rings. The number of hydrogen-bond donors (Lipinski definition) is 2. The van der Waals surface area contributed by atoms with E-state index in [1.165, 1.54) is 23.9 Å². The minimum absolute atomic E-state index is 0.000680. The molecule has 0 bridgehead atoms. The number of anilines is 2. The second kappa shape index (κ2) is 7.35. The Morgan fingerprint density at radius 2 is 2.04 bits per heavy atom. The van der Waals surface area contributed by atoms with Crippen molar-refractivity contribution in [1.29, 1.82) is 0 Å². The third-order valence-electron chi connectivity index (χ3n) is 3.31. The predicted octanol–water partition coefficient (Wildman–Crippen LogP) is 3.28. The summed E-state index contributed by atoms with van der Waals surface area (Å²) >= 11 is 1.49. The van der Waals surface area contributed by atoms with E-state index in [1.54, 1.807) is 30.3 Å². The Kier molecular flexibility index (Phi) is 5.00. The van der Waals surface area contributed by atoms with Gasteiger partial charge in [0.2, 0.25) is 5.91 Å². The molecule has 0 radical (unpaired) electrons. The first-order chi connectivity index (χ1) is 11.6. The largest absolute Gasteiger partial charge is 0.482 e. The molecule has 0 saturated heterocycles. The fraction of sp³-hybridized carbons (Fsp3) is 0.176. The second-order valence-corrected chi connectivity index (χ2v) is 6.32. The number of nitrogens with one attached hydrogen (secondary N) is 2. The van der Waals surface area contributed by atoms with Crippen LogP contribution in [0.25, 0.3) is 0 Å². The molecule has 0 unspecified atom stereocenters. The molecule has 1 aliphatic heterocycles. The maximum atomic E-state index is 12.8. The number of carbonyl (C=O) groups excluding carboxylic acids is 2. The Morgan fingerprint density at radius 1 is 1.25 bits per heavy atom. The van der Waals surface area contributed by atoms with Gasteiger partial charge in [-0.05, 0) is 42.5 Å². The predicted molar refractivity (Wildman–Crippen MR) is 90.9 cm³/mol. The molecule has 0 aliphatic carbocycles. The molecule has 0 spiro atoms. The zero-order chi connectivity index (χ0) is 16.9. The molecule has 2 aromatic carbocycles. The van der Waals surface area contributed by atoms with E-state index < -0.39 is 0 Å². The van der Waals surface area contributed by atoms with Gasteiger partial charge in [0.1, 0.15) is 11.6 Å². The Hall–Kier alpha value is -2.54. The van der Waals surface area contributed by atoms with Crippen molar-refractivity contribution in [3.63, 3.8) is 0 Å². The molecule has 1 heterocycles. The summed E-state index contributed by atoms with van der Waals surface area (Å²) in [5, 5.41) is 5.48. The van der Waals surface area contributed by atoms with E-state index in [2.05, 4.69) is 10.6 Å². The minimum Gasteiger partial charge on any atom is -0.482 e. The standard InChI is InChI=1S/C17H15FN2O3S/c18-11-1-4-13(5-2-11)24-8-7-16(21)19-12-3-6-15-14(9-12)20-17(22)10-23-15/h1-6,9H,7-8,10H2,(H,19,21)(H,20,22). The van der Waals surface area contributed by atoms with E-state index in [0.29, 0.717) is 29.3 Å². The number of carbonyl (C=O) groups is 2. The van der Waals surface area contributed by atoms with Crippen molar-refractivity contribution in [2.24, 2.45) is 0 Å². The SMILES string of the molecule is O=C(CCSc1ccc(F)cc1)Nc1ccc2c(c1)NC(=O)CO2. The Labute approximate surface area is 142 Å². The van der Waals surface area contributed by atoms with Crippen LogP contribution >= 0.6 is 11.8 Å². The van der Waals surface area contributed by atoms with Gasteiger partial charge in [0, 0.05) is 22.8 Å². The topological polar surface area (TPSA) is 67.4 Å². The highest BCUT2D eigenvalue weighted by atomic mass is 32.2. The first-order valence-corrected chi connectivity index (χ1v) is 8.33. The maximum Gasteiger partial charge on any atom is 0.262 e. The first kappa shape index (κ1) is 16.3. The zero-order valence-corrected chi connectivity index (χ0v) is 13.5. The number of ether oxygens (including phenoxy) is 1. The fourth-order valence-electron chi connectivity index (χ4n) is 2.18. The molecule has 2 amide bonds. The van der Waals surface area contributed by atoms with Gasteiger partial charge in [0.05, 0.1) is 5.69 Å². The molecule has 1 aliphatic rings. The normalized spacial score (nSPS) is 12.8. The molecule has 7 heteroatoms. The van der Waals surface area contributed by atoms with E-state index in [-0.39, 0.29) is 24.2 Å². The molecule has 2 N–H and O–H groups in total. The number of rotatable bonds is 5. The lowest BCUT2D eigenvalue weighted by atomic mass is 10.2. The van der Waals surface area contributed by atoms with Crippen LogP contribution < -0.4 is 15.4 Å². The number of amides is 2. The van der Waals surface area contributed by atoms with Crippen LogP contribution in [-0.2, 0) is 9.59 Å². The molecule has 24 heavy (non-hydrogen) atoms. The van der Waals surface area contributed by atoms with Gasteiger partial charge in [0.15, 0.2) is 6.61 Å². The smallest absolute Gasteiger partial charge is 0.262 e. The van der Waals surface area contributed by atoms with E-state index in [0.717, 1.165) is 4.90 Å². The lowest BCUT2D eigenvalue weighted by molar-refractivity contribution is -0.118. The fourth-order valence-corrected chi connectivity index (χ4v) is 3.03. The maximum absolute atomic E-state index is 12.8. The van der Waals surface area contributed by atoms with E-state index in [9.17, 15) is 14.0 Å². The third kappa shape index (κ3) is 4.26. The summed E-state index contributed by atoms with van der Waals surface area (Å²) in [6.45, 7) is -0.000680. The molecular weight excluding hydrogens is 331 g/mol. The van der Waals surface area contributed by atoms with Gasteiger partial charge in [-0.3, -0.25) is 9.59 Å². The summed E-state index contributed by atoms with van der Waals surface area (Å²) in [7, 11) is 0. The van der Waals surface area contributed by atoms with Crippen LogP contribution in [-0.4, -0.2) is 24.2 Å². The van der Waals surface area contributed by atoms with Crippen LogP contribution in [0, 0.1) is 5.82 Å². The quantitative estimate of drug-likeness (QED) is 0.816. The van der Waals surface area contributed by atoms with Crippen molar-refractivity contribution in [1.82, 2.24) is 0 Å². The van der Waals surface area contributed by atoms with Gasteiger partial charge in [0.25, 0.3) is 5.91 Å². The van der Waals surface area contributed by atoms with Crippen LogP contribution in [0.1, 0.15) is 6.42 Å². The van der Waals surface area contributed by atoms with Crippen molar-refractivity contribution >= 4 is 35.0 Å². The van der Waals surface area contributed by atoms with E-state index in [1.807, 2.05) is 0 Å². The molecule has 0 aromatic heterocycles. The van der Waals surface area contributed by atoms with Gasteiger partial charge in [-0.1, -0.05) is 0 Å². The number of fused-ring (bicyclic) bond motifs is 1. The number of benzene rings is 2. The lowest BCUT2D eigenvalue weighted by Gasteiger charge is -2.18. The number of hydrogen-bond acceptors (Lipinski definition) is 4. The van der Waals surface area contributed by atoms with Crippen molar-refractivity contribution < 1.29 is 18.7 Å². The molecule has 3 rings (SSSR count). The zero-order valence-electron chi connectivity index (χ0n) is 12.7. The number of halogens is 1. The Bertz CT molecular complexity index is 765. The molecule has 2 aromatic rings. The van der Waals surface area contributed by atoms with Gasteiger partial charge in [-0.25, -0.2) is 4.39 Å². The molecule has 0 atom stereocenters. The molecular formula is C17H15FN2O3S. The average molecular weight is 346 g/mol. The van der Waals surface area contributed by atoms with Gasteiger partial charge < -0.3 is 15.4 Å². The summed E-state index contributed by atoms with van der Waals surface area (Å²) < 4.78 is 18.1. The average Bonchev–Trinajstić information content (AvgIpc) is 2.56. The highest BCUT2D eigenvalue weighted by molar-refractivity contribution is 7.99. The van der Waals surface area contributed by atoms with Crippen LogP contribution in [0.4, 0.5) is 15.8 Å². The van der Waals surface area contributed by atoms with Crippen molar-refractivity contribution in [3.05, 3.63) is 48.3 Å². The monoisotopic (exact) mass is 346 g/mol. The third-order valence-corrected chi connectivity index (χ3v) is 4.32. The van der Waals surface area contributed by atoms with E-state index >= 15 is 0 Å². The Morgan fingerprint density at radius 3 is 2.83 bits per heavy atom. The Balaban J connectivity index is 1.50. The van der Waals surface area contributed by atoms with Gasteiger partial charge >= 0.3 is 0 Å². The van der Waals surface area contributed by atoms with Gasteiger partial charge in [-0.2, -0.15) is 0 Å². The van der Waals surface area contributed by atoms with Gasteiger partial charge in [-0.15, -0.1) is 11.8 Å². The highest BCUT2D eigenvalue weighted by Crippen LogP contribution is 2.30. The second-order valence-electron chi connectivity index (χ2n) is 5.15. The summed E-state index contributed by atoms with van der Waals surface area (Å²) in [6.07, 6.45) is 0.321. The lowest BCUT2D eigenvalue weighted by Crippen LogP contribution is -2.25. The molecule has 0 saturated carbocycles. The first-order valence-electron chi connectivity index (χ1n) is 7.35. The van der Waals surface area contributed by atoms with Crippen molar-refractivity contribution in [2.45, 2.75) is 11.3 Å². The number of thioether (sulfide) groups is 1. The molecule has 124 valence electrons. The highest BCUT2D eigenvalue weighted by Gasteiger charge is 2.16. The van der Waals surface area contributed by atoms with Crippen molar-refractivity contribution in [2.75, 3.05) is 23.0 Å².